The van der Waals surface area contributed by atoms with Crippen molar-refractivity contribution in [3.63, 3.8) is 0 Å². The molecule has 11 heteroatoms. The molecule has 2 fully saturated rings. The van der Waals surface area contributed by atoms with Crippen molar-refractivity contribution in [2.24, 2.45) is 11.7 Å². The molecular weight excluding hydrogens is 486 g/mol. The van der Waals surface area contributed by atoms with Gasteiger partial charge in [0.1, 0.15) is 0 Å². The molecule has 2 aliphatic rings. The van der Waals surface area contributed by atoms with Gasteiger partial charge in [-0.25, -0.2) is 9.18 Å². The van der Waals surface area contributed by atoms with Crippen molar-refractivity contribution in [2.45, 2.75) is 38.4 Å². The molecule has 2 heterocycles. The van der Waals surface area contributed by atoms with Crippen molar-refractivity contribution in [2.75, 3.05) is 24.5 Å². The number of halogens is 5. The Labute approximate surface area is 183 Å². The SMILES string of the molecule is Cc1c(N2CCC(CN)C2)c(F)c(Br)c2ccc(=O)n(C3CC3)c12.O=C(O)C(F)(F)F. The van der Waals surface area contributed by atoms with E-state index in [1.54, 1.807) is 12.1 Å². The van der Waals surface area contributed by atoms with Gasteiger partial charge >= 0.3 is 12.1 Å². The van der Waals surface area contributed by atoms with Gasteiger partial charge in [0, 0.05) is 30.6 Å². The maximum Gasteiger partial charge on any atom is 0.490 e. The molecule has 1 aliphatic heterocycles. The van der Waals surface area contributed by atoms with Crippen molar-refractivity contribution in [1.29, 1.82) is 0 Å². The second-order valence-electron chi connectivity index (χ2n) is 7.78. The molecule has 31 heavy (non-hydrogen) atoms. The molecule has 170 valence electrons. The number of hydrogen-bond donors (Lipinski definition) is 2. The smallest absolute Gasteiger partial charge is 0.475 e. The third-order valence-corrected chi connectivity index (χ3v) is 6.34. The van der Waals surface area contributed by atoms with E-state index in [1.165, 1.54) is 0 Å². The van der Waals surface area contributed by atoms with Gasteiger partial charge in [0.25, 0.3) is 5.56 Å². The highest BCUT2D eigenvalue weighted by atomic mass is 79.9. The number of carbonyl (C=O) groups is 1. The van der Waals surface area contributed by atoms with Crippen LogP contribution in [-0.2, 0) is 4.79 Å². The van der Waals surface area contributed by atoms with Gasteiger partial charge in [-0.05, 0) is 66.2 Å². The number of aliphatic carboxylic acids is 1. The summed E-state index contributed by atoms with van der Waals surface area (Å²) in [7, 11) is 0. The number of fused-ring (bicyclic) bond motifs is 1. The number of nitrogens with zero attached hydrogens (tertiary/aromatic N) is 2. The average Bonchev–Trinajstić information content (AvgIpc) is 3.43. The third-order valence-electron chi connectivity index (χ3n) is 5.56. The molecule has 0 radical (unpaired) electrons. The first-order chi connectivity index (χ1) is 14.5. The van der Waals surface area contributed by atoms with E-state index >= 15 is 4.39 Å². The Kier molecular flexibility index (Phi) is 6.66. The largest absolute Gasteiger partial charge is 0.490 e. The number of rotatable bonds is 3. The topological polar surface area (TPSA) is 88.6 Å². The standard InChI is InChI=1S/C18H21BrFN3O.C2HF3O2/c1-10-17-13(4-5-14(24)23(17)12-2-3-12)15(19)16(20)18(10)22-7-6-11(8-21)9-22;3-2(4,5)1(6)7/h4-5,11-12H,2-3,6-9,21H2,1H3;(H,6,7). The van der Waals surface area contributed by atoms with E-state index in [2.05, 4.69) is 20.8 Å². The molecule has 4 rings (SSSR count). The fourth-order valence-corrected chi connectivity index (χ4v) is 4.42. The van der Waals surface area contributed by atoms with Crippen LogP contribution in [0.25, 0.3) is 10.9 Å². The molecule has 0 bridgehead atoms. The fraction of sp³-hybridized carbons (Fsp3) is 0.500. The van der Waals surface area contributed by atoms with Gasteiger partial charge in [0.2, 0.25) is 0 Å². The van der Waals surface area contributed by atoms with E-state index in [4.69, 9.17) is 15.6 Å². The number of carboxylic acid groups (broad SMARTS) is 1. The van der Waals surface area contributed by atoms with Crippen LogP contribution in [0.3, 0.4) is 0 Å². The monoisotopic (exact) mass is 507 g/mol. The van der Waals surface area contributed by atoms with Crippen LogP contribution in [0.15, 0.2) is 21.4 Å². The quantitative estimate of drug-likeness (QED) is 0.613. The second kappa shape index (κ2) is 8.78. The fourth-order valence-electron chi connectivity index (χ4n) is 3.91. The predicted molar refractivity (Wildman–Crippen MR) is 112 cm³/mol. The van der Waals surface area contributed by atoms with Crippen molar-refractivity contribution >= 4 is 38.5 Å². The molecule has 1 unspecified atom stereocenters. The van der Waals surface area contributed by atoms with Crippen LogP contribution in [0.4, 0.5) is 23.2 Å². The van der Waals surface area contributed by atoms with E-state index in [-0.39, 0.29) is 17.4 Å². The van der Waals surface area contributed by atoms with Crippen molar-refractivity contribution < 1.29 is 27.5 Å². The van der Waals surface area contributed by atoms with E-state index in [9.17, 15) is 18.0 Å². The summed E-state index contributed by atoms with van der Waals surface area (Å²) < 4.78 is 49.2. The minimum absolute atomic E-state index is 0.00110. The third kappa shape index (κ3) is 4.72. The summed E-state index contributed by atoms with van der Waals surface area (Å²) in [6.45, 7) is 4.13. The van der Waals surface area contributed by atoms with Crippen LogP contribution in [0.1, 0.15) is 30.9 Å². The van der Waals surface area contributed by atoms with Crippen LogP contribution >= 0.6 is 15.9 Å². The van der Waals surface area contributed by atoms with Crippen LogP contribution in [0.2, 0.25) is 0 Å². The molecule has 3 N–H and O–H groups in total. The molecule has 1 aliphatic carbocycles. The first-order valence-electron chi connectivity index (χ1n) is 9.75. The zero-order valence-electron chi connectivity index (χ0n) is 16.7. The van der Waals surface area contributed by atoms with Crippen LogP contribution < -0.4 is 16.2 Å². The van der Waals surface area contributed by atoms with E-state index in [0.717, 1.165) is 48.8 Å². The van der Waals surface area contributed by atoms with E-state index in [1.807, 2.05) is 11.5 Å². The Hall–Kier alpha value is -2.14. The molecule has 1 atom stereocenters. The Morgan fingerprint density at radius 3 is 2.39 bits per heavy atom. The highest BCUT2D eigenvalue weighted by molar-refractivity contribution is 9.10. The number of aryl methyl sites for hydroxylation is 1. The summed E-state index contributed by atoms with van der Waals surface area (Å²) in [6, 6.07) is 3.53. The first-order valence-corrected chi connectivity index (χ1v) is 10.5. The van der Waals surface area contributed by atoms with Gasteiger partial charge in [0.15, 0.2) is 5.82 Å². The summed E-state index contributed by atoms with van der Waals surface area (Å²) >= 11 is 3.43. The lowest BCUT2D eigenvalue weighted by Gasteiger charge is -2.25. The number of pyridine rings is 1. The Morgan fingerprint density at radius 2 is 1.90 bits per heavy atom. The number of aromatic nitrogens is 1. The summed E-state index contributed by atoms with van der Waals surface area (Å²) in [5.74, 6) is -2.59. The number of nitrogens with two attached hydrogens (primary N) is 1. The van der Waals surface area contributed by atoms with Gasteiger partial charge in [-0.3, -0.25) is 4.79 Å². The number of anilines is 1. The lowest BCUT2D eigenvalue weighted by Crippen LogP contribution is -2.26. The van der Waals surface area contributed by atoms with E-state index < -0.39 is 12.1 Å². The molecular formula is C20H22BrF4N3O3. The summed E-state index contributed by atoms with van der Waals surface area (Å²) in [5.41, 5.74) is 8.12. The zero-order chi connectivity index (χ0) is 23.1. The zero-order valence-corrected chi connectivity index (χ0v) is 18.3. The molecule has 1 aromatic heterocycles. The summed E-state index contributed by atoms with van der Waals surface area (Å²) in [6.07, 6.45) is -2.07. The molecule has 1 saturated heterocycles. The Balaban J connectivity index is 0.000000339. The first kappa shape index (κ1) is 23.5. The molecule has 0 amide bonds. The number of carboxylic acids is 1. The maximum absolute atomic E-state index is 15.1. The van der Waals surface area contributed by atoms with Crippen LogP contribution in [0, 0.1) is 18.7 Å². The highest BCUT2D eigenvalue weighted by Crippen LogP contribution is 2.42. The molecule has 6 nitrogen and oxygen atoms in total. The van der Waals surface area contributed by atoms with Crippen molar-refractivity contribution in [1.82, 2.24) is 4.57 Å². The number of alkyl halides is 3. The van der Waals surface area contributed by atoms with Gasteiger partial charge < -0.3 is 20.3 Å². The average molecular weight is 508 g/mol. The lowest BCUT2D eigenvalue weighted by atomic mass is 10.1. The van der Waals surface area contributed by atoms with Gasteiger partial charge in [0.05, 0.1) is 15.7 Å². The van der Waals surface area contributed by atoms with Crippen molar-refractivity contribution in [3.8, 4) is 0 Å². The van der Waals surface area contributed by atoms with Crippen LogP contribution in [-0.4, -0.2) is 41.5 Å². The molecule has 0 spiro atoms. The van der Waals surface area contributed by atoms with E-state index in [0.29, 0.717) is 22.6 Å². The highest BCUT2D eigenvalue weighted by Gasteiger charge is 2.38. The summed E-state index contributed by atoms with van der Waals surface area (Å²) in [4.78, 5) is 23.4. The second-order valence-corrected chi connectivity index (χ2v) is 8.57. The number of benzene rings is 1. The van der Waals surface area contributed by atoms with Gasteiger partial charge in [-0.1, -0.05) is 0 Å². The predicted octanol–water partition coefficient (Wildman–Crippen LogP) is 3.96. The van der Waals surface area contributed by atoms with Gasteiger partial charge in [-0.15, -0.1) is 0 Å². The van der Waals surface area contributed by atoms with Gasteiger partial charge in [-0.2, -0.15) is 13.2 Å². The maximum atomic E-state index is 15.1. The van der Waals surface area contributed by atoms with Crippen molar-refractivity contribution in [3.05, 3.63) is 38.3 Å². The Bertz CT molecular complexity index is 1070. The summed E-state index contributed by atoms with van der Waals surface area (Å²) in [5, 5.41) is 7.90. The minimum Gasteiger partial charge on any atom is -0.475 e. The normalized spacial score (nSPS) is 18.8. The minimum atomic E-state index is -5.08. The number of hydrogen-bond acceptors (Lipinski definition) is 4. The molecule has 2 aromatic rings. The Morgan fingerprint density at radius 1 is 1.29 bits per heavy atom. The lowest BCUT2D eigenvalue weighted by molar-refractivity contribution is -0.192. The molecule has 1 saturated carbocycles. The molecule has 1 aromatic carbocycles. The van der Waals surface area contributed by atoms with Crippen LogP contribution in [0.5, 0.6) is 0 Å².